The van der Waals surface area contributed by atoms with Gasteiger partial charge in [-0.05, 0) is 66.8 Å². The monoisotopic (exact) mass is 545 g/mol. The molecule has 0 saturated carbocycles. The molecule has 0 aliphatic carbocycles. The standard InChI is InChI=1S/C35H35N3O3/c1-4-28-14-8-11-17-32(28)38-34(36-31-16-10-9-15-30(31)35(38)40)25(2)37(23-22-26-12-6-5-7-13-26)33(39)24-27-18-20-29(41-3)21-19-27/h5-21,25H,4,22-24H2,1-3H3. The first-order chi connectivity index (χ1) is 20.0. The Kier molecular flexibility index (Phi) is 8.59. The maximum absolute atomic E-state index is 14.1. The molecular weight excluding hydrogens is 510 g/mol. The van der Waals surface area contributed by atoms with Crippen molar-refractivity contribution in [2.45, 2.75) is 39.2 Å². The van der Waals surface area contributed by atoms with Gasteiger partial charge in [-0.1, -0.05) is 79.7 Å². The lowest BCUT2D eigenvalue weighted by Gasteiger charge is -2.31. The van der Waals surface area contributed by atoms with Crippen molar-refractivity contribution in [3.8, 4) is 11.4 Å². The van der Waals surface area contributed by atoms with Gasteiger partial charge in [-0.15, -0.1) is 0 Å². The Morgan fingerprint density at radius 2 is 1.56 bits per heavy atom. The van der Waals surface area contributed by atoms with Gasteiger partial charge in [-0.3, -0.25) is 14.2 Å². The summed E-state index contributed by atoms with van der Waals surface area (Å²) in [6, 6.07) is 32.6. The van der Waals surface area contributed by atoms with Gasteiger partial charge in [0.2, 0.25) is 5.91 Å². The first-order valence-corrected chi connectivity index (χ1v) is 14.1. The van der Waals surface area contributed by atoms with Crippen LogP contribution < -0.4 is 10.3 Å². The van der Waals surface area contributed by atoms with Gasteiger partial charge in [0.25, 0.3) is 5.56 Å². The van der Waals surface area contributed by atoms with Crippen LogP contribution in [0.4, 0.5) is 0 Å². The number of carbonyl (C=O) groups is 1. The lowest BCUT2D eigenvalue weighted by molar-refractivity contribution is -0.132. The van der Waals surface area contributed by atoms with Crippen LogP contribution in [0.2, 0.25) is 0 Å². The Hall–Kier alpha value is -4.71. The molecule has 1 amide bonds. The van der Waals surface area contributed by atoms with E-state index in [0.29, 0.717) is 29.7 Å². The molecule has 6 heteroatoms. The second kappa shape index (κ2) is 12.6. The highest BCUT2D eigenvalue weighted by molar-refractivity contribution is 5.80. The van der Waals surface area contributed by atoms with E-state index in [4.69, 9.17) is 9.72 Å². The second-order valence-electron chi connectivity index (χ2n) is 10.1. The van der Waals surface area contributed by atoms with Gasteiger partial charge in [-0.2, -0.15) is 0 Å². The minimum Gasteiger partial charge on any atom is -0.497 e. The number of aromatic nitrogens is 2. The first-order valence-electron chi connectivity index (χ1n) is 14.1. The maximum Gasteiger partial charge on any atom is 0.266 e. The summed E-state index contributed by atoms with van der Waals surface area (Å²) < 4.78 is 7.00. The third-order valence-electron chi connectivity index (χ3n) is 7.58. The number of amides is 1. The molecule has 5 rings (SSSR count). The van der Waals surface area contributed by atoms with E-state index < -0.39 is 6.04 Å². The van der Waals surface area contributed by atoms with Crippen LogP contribution >= 0.6 is 0 Å². The van der Waals surface area contributed by atoms with Gasteiger partial charge in [0.1, 0.15) is 11.6 Å². The summed E-state index contributed by atoms with van der Waals surface area (Å²) in [4.78, 5) is 34.9. The number of benzene rings is 4. The van der Waals surface area contributed by atoms with Crippen molar-refractivity contribution < 1.29 is 9.53 Å². The van der Waals surface area contributed by atoms with Crippen molar-refractivity contribution in [2.75, 3.05) is 13.7 Å². The van der Waals surface area contributed by atoms with E-state index in [2.05, 4.69) is 19.1 Å². The summed E-state index contributed by atoms with van der Waals surface area (Å²) in [5.41, 5.74) is 4.36. The summed E-state index contributed by atoms with van der Waals surface area (Å²) in [6.45, 7) is 4.53. The summed E-state index contributed by atoms with van der Waals surface area (Å²) in [7, 11) is 1.62. The molecule has 1 heterocycles. The van der Waals surface area contributed by atoms with E-state index in [9.17, 15) is 9.59 Å². The number of para-hydroxylation sites is 2. The third-order valence-corrected chi connectivity index (χ3v) is 7.58. The first kappa shape index (κ1) is 27.8. The SMILES string of the molecule is CCc1ccccc1-n1c(C(C)N(CCc2ccccc2)C(=O)Cc2ccc(OC)cc2)nc2ccccc2c1=O. The lowest BCUT2D eigenvalue weighted by Crippen LogP contribution is -2.39. The molecule has 1 aromatic heterocycles. The topological polar surface area (TPSA) is 64.4 Å². The minimum atomic E-state index is -0.466. The molecule has 0 aliphatic heterocycles. The molecule has 208 valence electrons. The number of fused-ring (bicyclic) bond motifs is 1. The molecule has 0 fully saturated rings. The summed E-state index contributed by atoms with van der Waals surface area (Å²) in [6.07, 6.45) is 1.67. The van der Waals surface area contributed by atoms with Gasteiger partial charge in [0.05, 0.1) is 36.2 Å². The quantitative estimate of drug-likeness (QED) is 0.206. The van der Waals surface area contributed by atoms with Crippen LogP contribution in [0.3, 0.4) is 0 Å². The molecule has 1 atom stereocenters. The number of methoxy groups -OCH3 is 1. The van der Waals surface area contributed by atoms with Crippen LogP contribution in [0, 0.1) is 0 Å². The van der Waals surface area contributed by atoms with Crippen LogP contribution in [-0.4, -0.2) is 34.0 Å². The van der Waals surface area contributed by atoms with E-state index in [0.717, 1.165) is 34.5 Å². The van der Waals surface area contributed by atoms with Gasteiger partial charge in [-0.25, -0.2) is 4.98 Å². The Labute approximate surface area is 240 Å². The Morgan fingerprint density at radius 3 is 2.29 bits per heavy atom. The maximum atomic E-state index is 14.1. The van der Waals surface area contributed by atoms with Crippen molar-refractivity contribution in [1.82, 2.24) is 14.5 Å². The van der Waals surface area contributed by atoms with Crippen LogP contribution in [0.1, 0.15) is 42.4 Å². The molecule has 0 spiro atoms. The predicted molar refractivity (Wildman–Crippen MR) is 164 cm³/mol. The highest BCUT2D eigenvalue weighted by Gasteiger charge is 2.27. The smallest absolute Gasteiger partial charge is 0.266 e. The molecule has 41 heavy (non-hydrogen) atoms. The molecule has 5 aromatic rings. The fraction of sp³-hybridized carbons (Fsp3) is 0.229. The summed E-state index contributed by atoms with van der Waals surface area (Å²) in [5, 5.41) is 0.551. The van der Waals surface area contributed by atoms with E-state index in [-0.39, 0.29) is 17.9 Å². The molecular formula is C35H35N3O3. The summed E-state index contributed by atoms with van der Waals surface area (Å²) >= 11 is 0. The molecule has 0 radical (unpaired) electrons. The normalized spacial score (nSPS) is 11.8. The molecule has 4 aromatic carbocycles. The van der Waals surface area contributed by atoms with Gasteiger partial charge >= 0.3 is 0 Å². The van der Waals surface area contributed by atoms with Crippen molar-refractivity contribution >= 4 is 16.8 Å². The van der Waals surface area contributed by atoms with Crippen LogP contribution in [-0.2, 0) is 24.1 Å². The zero-order chi connectivity index (χ0) is 28.8. The molecule has 0 aliphatic rings. The lowest BCUT2D eigenvalue weighted by atomic mass is 10.1. The molecule has 0 bridgehead atoms. The van der Waals surface area contributed by atoms with Crippen LogP contribution in [0.25, 0.3) is 16.6 Å². The van der Waals surface area contributed by atoms with E-state index in [1.54, 1.807) is 11.7 Å². The fourth-order valence-electron chi connectivity index (χ4n) is 5.28. The zero-order valence-electron chi connectivity index (χ0n) is 23.8. The second-order valence-corrected chi connectivity index (χ2v) is 10.1. The number of ether oxygens (including phenoxy) is 1. The van der Waals surface area contributed by atoms with Crippen molar-refractivity contribution in [3.05, 3.63) is 136 Å². The van der Waals surface area contributed by atoms with Crippen LogP contribution in [0.5, 0.6) is 5.75 Å². The minimum absolute atomic E-state index is 0.0312. The van der Waals surface area contributed by atoms with Crippen molar-refractivity contribution in [1.29, 1.82) is 0 Å². The van der Waals surface area contributed by atoms with E-state index in [1.807, 2.05) is 103 Å². The highest BCUT2D eigenvalue weighted by atomic mass is 16.5. The molecule has 6 nitrogen and oxygen atoms in total. The average molecular weight is 546 g/mol. The number of carbonyl (C=O) groups excluding carboxylic acids is 1. The highest BCUT2D eigenvalue weighted by Crippen LogP contribution is 2.26. The van der Waals surface area contributed by atoms with E-state index >= 15 is 0 Å². The average Bonchev–Trinajstić information content (AvgIpc) is 3.02. The predicted octanol–water partition coefficient (Wildman–Crippen LogP) is 6.33. The largest absolute Gasteiger partial charge is 0.497 e. The summed E-state index contributed by atoms with van der Waals surface area (Å²) in [5.74, 6) is 1.26. The third kappa shape index (κ3) is 6.07. The number of hydrogen-bond acceptors (Lipinski definition) is 4. The van der Waals surface area contributed by atoms with Crippen LogP contribution in [0.15, 0.2) is 108 Å². The molecule has 1 unspecified atom stereocenters. The van der Waals surface area contributed by atoms with Gasteiger partial charge in [0.15, 0.2) is 0 Å². The van der Waals surface area contributed by atoms with Crippen molar-refractivity contribution in [2.24, 2.45) is 0 Å². The molecule has 0 N–H and O–H groups in total. The number of rotatable bonds is 10. The van der Waals surface area contributed by atoms with Gasteiger partial charge < -0.3 is 9.64 Å². The Morgan fingerprint density at radius 1 is 0.878 bits per heavy atom. The van der Waals surface area contributed by atoms with Gasteiger partial charge in [0, 0.05) is 6.54 Å². The Balaban J connectivity index is 1.61. The zero-order valence-corrected chi connectivity index (χ0v) is 23.8. The number of hydrogen-bond donors (Lipinski definition) is 0. The van der Waals surface area contributed by atoms with Crippen molar-refractivity contribution in [3.63, 3.8) is 0 Å². The fourth-order valence-corrected chi connectivity index (χ4v) is 5.28. The van der Waals surface area contributed by atoms with E-state index in [1.165, 1.54) is 0 Å². The number of aryl methyl sites for hydroxylation is 1. The Bertz CT molecular complexity index is 1690. The molecule has 0 saturated heterocycles. The number of nitrogens with zero attached hydrogens (tertiary/aromatic N) is 3.